The van der Waals surface area contributed by atoms with Crippen molar-refractivity contribution in [2.75, 3.05) is 13.6 Å². The molecule has 1 aromatic carbocycles. The Morgan fingerprint density at radius 2 is 2.10 bits per heavy atom. The van der Waals surface area contributed by atoms with Crippen LogP contribution in [0.5, 0.6) is 0 Å². The van der Waals surface area contributed by atoms with Crippen LogP contribution in [0.4, 0.5) is 4.79 Å². The first-order chi connectivity index (χ1) is 9.90. The number of hydrogen-bond donors (Lipinski definition) is 2. The Morgan fingerprint density at radius 1 is 1.43 bits per heavy atom. The first-order valence-corrected chi connectivity index (χ1v) is 7.35. The van der Waals surface area contributed by atoms with Gasteiger partial charge >= 0.3 is 12.0 Å². The summed E-state index contributed by atoms with van der Waals surface area (Å²) in [6, 6.07) is 6.17. The molecule has 1 aliphatic rings. The molecule has 2 rings (SSSR count). The first kappa shape index (κ1) is 15.8. The Balaban J connectivity index is 2.08. The zero-order valence-corrected chi connectivity index (χ0v) is 13.2. The molecular weight excluding hydrogens is 340 g/mol. The van der Waals surface area contributed by atoms with E-state index in [9.17, 15) is 14.7 Å². The second-order valence-corrected chi connectivity index (χ2v) is 5.98. The van der Waals surface area contributed by atoms with Crippen molar-refractivity contribution in [1.82, 2.24) is 9.80 Å². The monoisotopic (exact) mass is 356 g/mol. The van der Waals surface area contributed by atoms with Gasteiger partial charge in [0, 0.05) is 31.0 Å². The number of urea groups is 1. The fourth-order valence-electron chi connectivity index (χ4n) is 2.43. The zero-order chi connectivity index (χ0) is 15.6. The van der Waals surface area contributed by atoms with Crippen molar-refractivity contribution in [3.63, 3.8) is 0 Å². The van der Waals surface area contributed by atoms with E-state index >= 15 is 0 Å². The maximum atomic E-state index is 12.4. The highest BCUT2D eigenvalue weighted by Crippen LogP contribution is 2.22. The van der Waals surface area contributed by atoms with Gasteiger partial charge in [-0.3, -0.25) is 0 Å². The highest BCUT2D eigenvalue weighted by Gasteiger charge is 2.40. The summed E-state index contributed by atoms with van der Waals surface area (Å²) in [5.41, 5.74) is 0.931. The van der Waals surface area contributed by atoms with Crippen LogP contribution in [0.3, 0.4) is 0 Å². The third-order valence-corrected chi connectivity index (χ3v) is 4.28. The summed E-state index contributed by atoms with van der Waals surface area (Å²) in [7, 11) is 1.62. The van der Waals surface area contributed by atoms with Gasteiger partial charge in [-0.15, -0.1) is 0 Å². The summed E-state index contributed by atoms with van der Waals surface area (Å²) in [6.07, 6.45) is -0.712. The number of halogens is 1. The number of amides is 2. The number of aliphatic hydroxyl groups is 1. The molecule has 21 heavy (non-hydrogen) atoms. The van der Waals surface area contributed by atoms with Crippen molar-refractivity contribution in [3.8, 4) is 0 Å². The van der Waals surface area contributed by atoms with Crippen LogP contribution in [0.25, 0.3) is 0 Å². The number of hydrogen-bond acceptors (Lipinski definition) is 3. The van der Waals surface area contributed by atoms with Crippen LogP contribution in [0.15, 0.2) is 28.7 Å². The van der Waals surface area contributed by atoms with Crippen LogP contribution in [0.2, 0.25) is 0 Å². The highest BCUT2D eigenvalue weighted by atomic mass is 79.9. The van der Waals surface area contributed by atoms with Crippen LogP contribution in [0, 0.1) is 0 Å². The number of aliphatic hydroxyl groups excluding tert-OH is 1. The summed E-state index contributed by atoms with van der Waals surface area (Å²) >= 11 is 3.42. The molecule has 2 N–H and O–H groups in total. The Morgan fingerprint density at radius 3 is 2.71 bits per heavy atom. The number of β-amino-alcohol motifs (C(OH)–C–C–N with tert-alkyl or cyclic N) is 1. The van der Waals surface area contributed by atoms with E-state index in [4.69, 9.17) is 5.11 Å². The number of carboxylic acids is 1. The lowest BCUT2D eigenvalue weighted by atomic mass is 10.2. The summed E-state index contributed by atoms with van der Waals surface area (Å²) < 4.78 is 0.890. The number of likely N-dealkylation sites (tertiary alicyclic amines) is 1. The predicted octanol–water partition coefficient (Wildman–Crippen LogP) is 1.52. The summed E-state index contributed by atoms with van der Waals surface area (Å²) in [6.45, 7) is 0.412. The summed E-state index contributed by atoms with van der Waals surface area (Å²) in [4.78, 5) is 26.2. The lowest BCUT2D eigenvalue weighted by Crippen LogP contribution is -2.46. The van der Waals surface area contributed by atoms with Gasteiger partial charge in [0.2, 0.25) is 0 Å². The van der Waals surface area contributed by atoms with Gasteiger partial charge in [0.1, 0.15) is 6.04 Å². The Bertz CT molecular complexity index is 552. The van der Waals surface area contributed by atoms with E-state index in [2.05, 4.69) is 15.9 Å². The normalized spacial score (nSPS) is 21.4. The molecule has 1 fully saturated rings. The molecule has 1 heterocycles. The van der Waals surface area contributed by atoms with E-state index in [1.165, 1.54) is 9.80 Å². The standard InChI is InChI=1S/C14H17BrN2O4/c1-16(7-9-4-2-3-5-11(9)15)14(21)17-8-10(18)6-12(17)13(19)20/h2-5,10,12,18H,6-8H2,1H3,(H,19,20)/t10?,12-/m0/s1. The van der Waals surface area contributed by atoms with Gasteiger partial charge in [-0.25, -0.2) is 9.59 Å². The minimum atomic E-state index is -1.09. The number of carbonyl (C=O) groups excluding carboxylic acids is 1. The van der Waals surface area contributed by atoms with Crippen LogP contribution in [-0.4, -0.2) is 57.8 Å². The fraction of sp³-hybridized carbons (Fsp3) is 0.429. The Kier molecular flexibility index (Phi) is 4.84. The molecule has 0 aliphatic carbocycles. The minimum absolute atomic E-state index is 0.0517. The van der Waals surface area contributed by atoms with Crippen LogP contribution < -0.4 is 0 Å². The van der Waals surface area contributed by atoms with Gasteiger partial charge in [0.05, 0.1) is 6.10 Å². The van der Waals surface area contributed by atoms with Crippen LogP contribution in [0.1, 0.15) is 12.0 Å². The lowest BCUT2D eigenvalue weighted by molar-refractivity contribution is -0.141. The number of benzene rings is 1. The molecule has 0 aromatic heterocycles. The third-order valence-electron chi connectivity index (χ3n) is 3.50. The average molecular weight is 357 g/mol. The smallest absolute Gasteiger partial charge is 0.326 e. The quantitative estimate of drug-likeness (QED) is 0.860. The predicted molar refractivity (Wildman–Crippen MR) is 79.8 cm³/mol. The molecule has 2 atom stereocenters. The molecule has 1 aromatic rings. The molecule has 6 nitrogen and oxygen atoms in total. The maximum absolute atomic E-state index is 12.4. The fourth-order valence-corrected chi connectivity index (χ4v) is 2.84. The van der Waals surface area contributed by atoms with E-state index < -0.39 is 24.1 Å². The topological polar surface area (TPSA) is 81.1 Å². The second kappa shape index (κ2) is 6.44. The molecule has 1 aliphatic heterocycles. The van der Waals surface area contributed by atoms with E-state index in [1.807, 2.05) is 24.3 Å². The van der Waals surface area contributed by atoms with Gasteiger partial charge in [0.15, 0.2) is 0 Å². The van der Waals surface area contributed by atoms with Crippen molar-refractivity contribution in [2.45, 2.75) is 25.1 Å². The van der Waals surface area contributed by atoms with Crippen molar-refractivity contribution in [2.24, 2.45) is 0 Å². The lowest BCUT2D eigenvalue weighted by Gasteiger charge is -2.27. The third kappa shape index (κ3) is 3.54. The van der Waals surface area contributed by atoms with Gasteiger partial charge in [-0.1, -0.05) is 34.1 Å². The molecule has 114 valence electrons. The number of nitrogens with zero attached hydrogens (tertiary/aromatic N) is 2. The van der Waals surface area contributed by atoms with Crippen molar-refractivity contribution >= 4 is 27.9 Å². The second-order valence-electron chi connectivity index (χ2n) is 5.13. The highest BCUT2D eigenvalue weighted by molar-refractivity contribution is 9.10. The van der Waals surface area contributed by atoms with E-state index in [0.29, 0.717) is 6.54 Å². The van der Waals surface area contributed by atoms with Crippen LogP contribution >= 0.6 is 15.9 Å². The van der Waals surface area contributed by atoms with Gasteiger partial charge in [-0.2, -0.15) is 0 Å². The van der Waals surface area contributed by atoms with Gasteiger partial charge < -0.3 is 20.0 Å². The molecule has 1 unspecified atom stereocenters. The minimum Gasteiger partial charge on any atom is -0.480 e. The molecule has 7 heteroatoms. The van der Waals surface area contributed by atoms with Crippen molar-refractivity contribution in [1.29, 1.82) is 0 Å². The van der Waals surface area contributed by atoms with Crippen molar-refractivity contribution in [3.05, 3.63) is 34.3 Å². The van der Waals surface area contributed by atoms with Gasteiger partial charge in [-0.05, 0) is 11.6 Å². The maximum Gasteiger partial charge on any atom is 0.326 e. The molecule has 0 saturated carbocycles. The summed E-state index contributed by atoms with van der Waals surface area (Å²) in [5.74, 6) is -1.09. The molecular formula is C14H17BrN2O4. The molecule has 0 spiro atoms. The Hall–Kier alpha value is -1.60. The number of rotatable bonds is 3. The van der Waals surface area contributed by atoms with E-state index in [1.54, 1.807) is 7.05 Å². The number of carbonyl (C=O) groups is 2. The van der Waals surface area contributed by atoms with Gasteiger partial charge in [0.25, 0.3) is 0 Å². The Labute approximate surface area is 131 Å². The summed E-state index contributed by atoms with van der Waals surface area (Å²) in [5, 5.41) is 18.7. The van der Waals surface area contributed by atoms with E-state index in [0.717, 1.165) is 10.0 Å². The molecule has 0 radical (unpaired) electrons. The first-order valence-electron chi connectivity index (χ1n) is 6.56. The largest absolute Gasteiger partial charge is 0.480 e. The molecule has 0 bridgehead atoms. The SMILES string of the molecule is CN(Cc1ccccc1Br)C(=O)N1CC(O)C[C@H]1C(=O)O. The number of aliphatic carboxylic acids is 1. The molecule has 2 amide bonds. The average Bonchev–Trinajstić information content (AvgIpc) is 2.82. The van der Waals surface area contributed by atoms with Crippen LogP contribution in [-0.2, 0) is 11.3 Å². The van der Waals surface area contributed by atoms with E-state index in [-0.39, 0.29) is 13.0 Å². The zero-order valence-electron chi connectivity index (χ0n) is 11.6. The molecule has 1 saturated heterocycles. The van der Waals surface area contributed by atoms with Crippen molar-refractivity contribution < 1.29 is 19.8 Å². The number of carboxylic acid groups (broad SMARTS) is 1.